The van der Waals surface area contributed by atoms with Crippen molar-refractivity contribution < 1.29 is 14.3 Å². The minimum absolute atomic E-state index is 0.00541. The van der Waals surface area contributed by atoms with Crippen molar-refractivity contribution in [2.24, 2.45) is 0 Å². The maximum Gasteiger partial charge on any atom is 0.261 e. The standard InChI is InChI=1S/C25H32BrClN2O3/c1-16(2)28-24(31)17(3)29(14-18-7-10-20(27)11-8-18)23(30)15-32-22-12-9-19(13-21(22)26)25(4,5)6/h7-13,16-17H,14-15H2,1-6H3,(H,28,31). The molecule has 5 nitrogen and oxygen atoms in total. The summed E-state index contributed by atoms with van der Waals surface area (Å²) in [6, 6.07) is 12.4. The largest absolute Gasteiger partial charge is 0.483 e. The molecule has 1 atom stereocenters. The number of carbonyl (C=O) groups excluding carboxylic acids is 2. The second kappa shape index (κ2) is 11.2. The lowest BCUT2D eigenvalue weighted by molar-refractivity contribution is -0.142. The molecule has 0 saturated carbocycles. The number of ether oxygens (including phenoxy) is 1. The summed E-state index contributed by atoms with van der Waals surface area (Å²) in [7, 11) is 0. The smallest absolute Gasteiger partial charge is 0.261 e. The Labute approximate surface area is 204 Å². The van der Waals surface area contributed by atoms with Crippen molar-refractivity contribution in [1.29, 1.82) is 0 Å². The predicted molar refractivity (Wildman–Crippen MR) is 133 cm³/mol. The normalized spacial score (nSPS) is 12.4. The van der Waals surface area contributed by atoms with E-state index in [1.807, 2.05) is 44.2 Å². The van der Waals surface area contributed by atoms with Crippen molar-refractivity contribution in [2.45, 2.75) is 65.6 Å². The van der Waals surface area contributed by atoms with E-state index in [1.165, 1.54) is 4.90 Å². The Morgan fingerprint density at radius 1 is 1.09 bits per heavy atom. The molecule has 0 saturated heterocycles. The van der Waals surface area contributed by atoms with E-state index in [-0.39, 0.29) is 36.4 Å². The lowest BCUT2D eigenvalue weighted by Gasteiger charge is -2.29. The summed E-state index contributed by atoms with van der Waals surface area (Å²) < 4.78 is 6.61. The number of nitrogens with zero attached hydrogens (tertiary/aromatic N) is 1. The van der Waals surface area contributed by atoms with E-state index < -0.39 is 6.04 Å². The number of benzene rings is 2. The fourth-order valence-corrected chi connectivity index (χ4v) is 3.70. The van der Waals surface area contributed by atoms with Crippen LogP contribution in [0.2, 0.25) is 5.02 Å². The fraction of sp³-hybridized carbons (Fsp3) is 0.440. The topological polar surface area (TPSA) is 58.6 Å². The van der Waals surface area contributed by atoms with Gasteiger partial charge in [0.2, 0.25) is 5.91 Å². The lowest BCUT2D eigenvalue weighted by atomic mass is 9.87. The highest BCUT2D eigenvalue weighted by atomic mass is 79.9. The molecule has 0 spiro atoms. The molecule has 1 unspecified atom stereocenters. The number of nitrogens with one attached hydrogen (secondary N) is 1. The van der Waals surface area contributed by atoms with Crippen molar-refractivity contribution in [1.82, 2.24) is 10.2 Å². The van der Waals surface area contributed by atoms with Crippen molar-refractivity contribution >= 4 is 39.3 Å². The highest BCUT2D eigenvalue weighted by Crippen LogP contribution is 2.31. The number of carbonyl (C=O) groups is 2. The van der Waals surface area contributed by atoms with Gasteiger partial charge in [-0.2, -0.15) is 0 Å². The van der Waals surface area contributed by atoms with Gasteiger partial charge in [-0.1, -0.05) is 50.6 Å². The van der Waals surface area contributed by atoms with Crippen LogP contribution in [0, 0.1) is 0 Å². The second-order valence-electron chi connectivity index (χ2n) is 9.17. The van der Waals surface area contributed by atoms with Crippen LogP contribution < -0.4 is 10.1 Å². The Balaban J connectivity index is 2.18. The molecule has 1 N–H and O–H groups in total. The molecule has 0 aliphatic carbocycles. The summed E-state index contributed by atoms with van der Waals surface area (Å²) in [4.78, 5) is 27.3. The van der Waals surface area contributed by atoms with E-state index in [0.29, 0.717) is 10.8 Å². The van der Waals surface area contributed by atoms with E-state index >= 15 is 0 Å². The number of halogens is 2. The number of hydrogen-bond donors (Lipinski definition) is 1. The van der Waals surface area contributed by atoms with Gasteiger partial charge in [0.25, 0.3) is 5.91 Å². The second-order valence-corrected chi connectivity index (χ2v) is 10.5. The van der Waals surface area contributed by atoms with Gasteiger partial charge >= 0.3 is 0 Å². The zero-order valence-corrected chi connectivity index (χ0v) is 21.9. The third-order valence-corrected chi connectivity index (χ3v) is 5.89. The third-order valence-electron chi connectivity index (χ3n) is 5.01. The third kappa shape index (κ3) is 7.52. The molecule has 0 aliphatic heterocycles. The lowest BCUT2D eigenvalue weighted by Crippen LogP contribution is -2.50. The molecule has 2 rings (SSSR count). The van der Waals surface area contributed by atoms with E-state index in [4.69, 9.17) is 16.3 Å². The first-order chi connectivity index (χ1) is 14.9. The van der Waals surface area contributed by atoms with Gasteiger partial charge in [0.1, 0.15) is 11.8 Å². The summed E-state index contributed by atoms with van der Waals surface area (Å²) in [5.41, 5.74) is 2.04. The minimum atomic E-state index is -0.657. The molecule has 0 bridgehead atoms. The summed E-state index contributed by atoms with van der Waals surface area (Å²) in [6.07, 6.45) is 0. The van der Waals surface area contributed by atoms with Crippen molar-refractivity contribution in [3.63, 3.8) is 0 Å². The van der Waals surface area contributed by atoms with E-state index in [9.17, 15) is 9.59 Å². The first-order valence-corrected chi connectivity index (χ1v) is 11.8. The predicted octanol–water partition coefficient (Wildman–Crippen LogP) is 5.72. The zero-order valence-electron chi connectivity index (χ0n) is 19.5. The Bertz CT molecular complexity index is 939. The molecule has 174 valence electrons. The summed E-state index contributed by atoms with van der Waals surface area (Å²) in [6.45, 7) is 12.0. The van der Waals surface area contributed by atoms with Gasteiger partial charge in [-0.15, -0.1) is 0 Å². The molecule has 2 aromatic rings. The minimum Gasteiger partial charge on any atom is -0.483 e. The molecular weight excluding hydrogens is 492 g/mol. The van der Waals surface area contributed by atoms with Crippen LogP contribution in [0.4, 0.5) is 0 Å². The van der Waals surface area contributed by atoms with Crippen molar-refractivity contribution in [3.05, 3.63) is 63.1 Å². The quantitative estimate of drug-likeness (QED) is 0.481. The molecule has 0 fully saturated rings. The van der Waals surface area contributed by atoms with Crippen LogP contribution in [0.1, 0.15) is 52.7 Å². The molecule has 0 radical (unpaired) electrons. The summed E-state index contributed by atoms with van der Waals surface area (Å²) in [5.74, 6) is 0.0910. The van der Waals surface area contributed by atoms with Gasteiger partial charge in [0, 0.05) is 17.6 Å². The van der Waals surface area contributed by atoms with Crippen LogP contribution >= 0.6 is 27.5 Å². The zero-order chi connectivity index (χ0) is 24.1. The SMILES string of the molecule is CC(C)NC(=O)C(C)N(Cc1ccc(Cl)cc1)C(=O)COc1ccc(C(C)(C)C)cc1Br. The van der Waals surface area contributed by atoms with Gasteiger partial charge in [-0.05, 0) is 77.5 Å². The fourth-order valence-electron chi connectivity index (χ4n) is 3.08. The highest BCUT2D eigenvalue weighted by Gasteiger charge is 2.27. The van der Waals surface area contributed by atoms with Crippen LogP contribution in [-0.2, 0) is 21.5 Å². The highest BCUT2D eigenvalue weighted by molar-refractivity contribution is 9.10. The first-order valence-electron chi connectivity index (χ1n) is 10.7. The molecule has 0 aromatic heterocycles. The first kappa shape index (κ1) is 26.2. The van der Waals surface area contributed by atoms with Gasteiger partial charge < -0.3 is 15.0 Å². The van der Waals surface area contributed by atoms with Crippen LogP contribution in [0.3, 0.4) is 0 Å². The van der Waals surface area contributed by atoms with Crippen LogP contribution in [-0.4, -0.2) is 35.4 Å². The summed E-state index contributed by atoms with van der Waals surface area (Å²) >= 11 is 9.52. The molecular formula is C25H32BrClN2O3. The average molecular weight is 524 g/mol. The maximum atomic E-state index is 13.1. The molecule has 7 heteroatoms. The Morgan fingerprint density at radius 3 is 2.25 bits per heavy atom. The van der Waals surface area contributed by atoms with Crippen molar-refractivity contribution in [3.8, 4) is 5.75 Å². The van der Waals surface area contributed by atoms with Crippen LogP contribution in [0.5, 0.6) is 5.75 Å². The van der Waals surface area contributed by atoms with Gasteiger partial charge in [0.05, 0.1) is 4.47 Å². The van der Waals surface area contributed by atoms with E-state index in [0.717, 1.165) is 15.6 Å². The molecule has 0 aliphatic rings. The van der Waals surface area contributed by atoms with Gasteiger partial charge in [0.15, 0.2) is 6.61 Å². The van der Waals surface area contributed by atoms with Gasteiger partial charge in [-0.25, -0.2) is 0 Å². The van der Waals surface area contributed by atoms with Crippen molar-refractivity contribution in [2.75, 3.05) is 6.61 Å². The van der Waals surface area contributed by atoms with Crippen LogP contribution in [0.15, 0.2) is 46.9 Å². The number of rotatable bonds is 8. The summed E-state index contributed by atoms with van der Waals surface area (Å²) in [5, 5.41) is 3.49. The average Bonchev–Trinajstić information content (AvgIpc) is 2.70. The van der Waals surface area contributed by atoms with Gasteiger partial charge in [-0.3, -0.25) is 9.59 Å². The number of amides is 2. The number of hydrogen-bond acceptors (Lipinski definition) is 3. The Kier molecular flexibility index (Phi) is 9.17. The Morgan fingerprint density at radius 2 is 1.72 bits per heavy atom. The molecule has 32 heavy (non-hydrogen) atoms. The van der Waals surface area contributed by atoms with Crippen LogP contribution in [0.25, 0.3) is 0 Å². The molecule has 0 heterocycles. The molecule has 2 aromatic carbocycles. The maximum absolute atomic E-state index is 13.1. The van der Waals surface area contributed by atoms with E-state index in [1.54, 1.807) is 19.1 Å². The van der Waals surface area contributed by atoms with E-state index in [2.05, 4.69) is 42.0 Å². The Hall–Kier alpha value is -2.05. The molecule has 2 amide bonds. The monoisotopic (exact) mass is 522 g/mol.